The average molecular weight is 238 g/mol. The Hall–Kier alpha value is -1.85. The molecule has 1 aromatic heterocycles. The zero-order valence-corrected chi connectivity index (χ0v) is 10.4. The summed E-state index contributed by atoms with van der Waals surface area (Å²) in [7, 11) is 1.80. The van der Waals surface area contributed by atoms with Crippen LogP contribution in [0.1, 0.15) is 19.2 Å². The molecule has 0 saturated heterocycles. The third kappa shape index (κ3) is 4.67. The van der Waals surface area contributed by atoms with Gasteiger partial charge >= 0.3 is 5.97 Å². The van der Waals surface area contributed by atoms with Gasteiger partial charge in [0.1, 0.15) is 17.5 Å². The molecule has 0 aliphatic heterocycles. The Balaban J connectivity index is 2.46. The first-order chi connectivity index (χ1) is 8.15. The summed E-state index contributed by atoms with van der Waals surface area (Å²) < 4.78 is 4.82. The van der Waals surface area contributed by atoms with E-state index in [-0.39, 0.29) is 5.97 Å². The number of esters is 1. The van der Waals surface area contributed by atoms with Gasteiger partial charge in [-0.2, -0.15) is 0 Å². The summed E-state index contributed by atoms with van der Waals surface area (Å²) in [5.41, 5.74) is 0. The third-order valence-electron chi connectivity index (χ3n) is 2.03. The van der Waals surface area contributed by atoms with Gasteiger partial charge in [0.05, 0.1) is 13.0 Å². The van der Waals surface area contributed by atoms with Crippen molar-refractivity contribution < 1.29 is 9.53 Å². The highest BCUT2D eigenvalue weighted by atomic mass is 16.5. The Morgan fingerprint density at radius 1 is 1.41 bits per heavy atom. The largest absolute Gasteiger partial charge is 0.466 e. The maximum atomic E-state index is 11.1. The molecule has 0 fully saturated rings. The summed E-state index contributed by atoms with van der Waals surface area (Å²) in [6.45, 7) is 4.52. The summed E-state index contributed by atoms with van der Waals surface area (Å²) in [4.78, 5) is 19.5. The fourth-order valence-electron chi connectivity index (χ4n) is 1.31. The van der Waals surface area contributed by atoms with Crippen molar-refractivity contribution in [2.45, 2.75) is 20.3 Å². The van der Waals surface area contributed by atoms with Gasteiger partial charge in [-0.15, -0.1) is 0 Å². The smallest absolute Gasteiger partial charge is 0.307 e. The maximum absolute atomic E-state index is 11.1. The number of hydrogen-bond donors (Lipinski definition) is 2. The van der Waals surface area contributed by atoms with Gasteiger partial charge in [-0.1, -0.05) is 0 Å². The predicted molar refractivity (Wildman–Crippen MR) is 66.1 cm³/mol. The summed E-state index contributed by atoms with van der Waals surface area (Å²) in [6.07, 6.45) is 0.325. The molecule has 0 aliphatic rings. The number of carbonyl (C=O) groups is 1. The number of aryl methyl sites for hydroxylation is 1. The Bertz CT molecular complexity index is 382. The van der Waals surface area contributed by atoms with Crippen LogP contribution in [0.5, 0.6) is 0 Å². The Morgan fingerprint density at radius 3 is 2.76 bits per heavy atom. The fraction of sp³-hybridized carbons (Fsp3) is 0.545. The second kappa shape index (κ2) is 6.67. The van der Waals surface area contributed by atoms with Gasteiger partial charge in [0, 0.05) is 19.7 Å². The van der Waals surface area contributed by atoms with E-state index in [1.807, 2.05) is 6.92 Å². The number of aromatic nitrogens is 2. The van der Waals surface area contributed by atoms with E-state index >= 15 is 0 Å². The van der Waals surface area contributed by atoms with E-state index < -0.39 is 0 Å². The number of carbonyl (C=O) groups excluding carboxylic acids is 1. The van der Waals surface area contributed by atoms with E-state index in [0.29, 0.717) is 31.2 Å². The standard InChI is InChI=1S/C11H18N4O2/c1-4-17-11(16)5-6-13-10-7-9(12-3)14-8(2)15-10/h7H,4-6H2,1-3H3,(H2,12,13,14,15). The lowest BCUT2D eigenvalue weighted by Gasteiger charge is -2.07. The first kappa shape index (κ1) is 13.2. The minimum atomic E-state index is -0.209. The van der Waals surface area contributed by atoms with Crippen LogP contribution >= 0.6 is 0 Å². The summed E-state index contributed by atoms with van der Waals surface area (Å²) in [5.74, 6) is 1.91. The van der Waals surface area contributed by atoms with Crippen molar-refractivity contribution in [2.24, 2.45) is 0 Å². The van der Waals surface area contributed by atoms with E-state index in [4.69, 9.17) is 4.74 Å². The zero-order valence-electron chi connectivity index (χ0n) is 10.4. The average Bonchev–Trinajstić information content (AvgIpc) is 2.28. The molecule has 0 bridgehead atoms. The van der Waals surface area contributed by atoms with Gasteiger partial charge in [0.15, 0.2) is 0 Å². The van der Waals surface area contributed by atoms with Crippen molar-refractivity contribution in [3.8, 4) is 0 Å². The topological polar surface area (TPSA) is 76.1 Å². The maximum Gasteiger partial charge on any atom is 0.307 e. The molecule has 0 unspecified atom stereocenters. The van der Waals surface area contributed by atoms with Gasteiger partial charge in [0.2, 0.25) is 0 Å². The summed E-state index contributed by atoms with van der Waals surface area (Å²) >= 11 is 0. The number of rotatable bonds is 6. The monoisotopic (exact) mass is 238 g/mol. The van der Waals surface area contributed by atoms with Crippen molar-refractivity contribution in [1.29, 1.82) is 0 Å². The molecule has 0 saturated carbocycles. The molecule has 0 aromatic carbocycles. The highest BCUT2D eigenvalue weighted by molar-refractivity contribution is 5.70. The molecule has 0 atom stereocenters. The second-order valence-corrected chi connectivity index (χ2v) is 3.42. The van der Waals surface area contributed by atoms with Crippen LogP contribution in [0.2, 0.25) is 0 Å². The van der Waals surface area contributed by atoms with Gasteiger partial charge in [-0.25, -0.2) is 9.97 Å². The number of ether oxygens (including phenoxy) is 1. The number of anilines is 2. The second-order valence-electron chi connectivity index (χ2n) is 3.42. The van der Waals surface area contributed by atoms with E-state index in [9.17, 15) is 4.79 Å². The zero-order chi connectivity index (χ0) is 12.7. The van der Waals surface area contributed by atoms with Crippen LogP contribution < -0.4 is 10.6 Å². The molecule has 17 heavy (non-hydrogen) atoms. The minimum absolute atomic E-state index is 0.209. The van der Waals surface area contributed by atoms with Crippen LogP contribution in [-0.2, 0) is 9.53 Å². The number of nitrogens with zero attached hydrogens (tertiary/aromatic N) is 2. The molecule has 6 heteroatoms. The highest BCUT2D eigenvalue weighted by Gasteiger charge is 2.03. The van der Waals surface area contributed by atoms with Crippen LogP contribution in [0.25, 0.3) is 0 Å². The van der Waals surface area contributed by atoms with Crippen LogP contribution in [0, 0.1) is 6.92 Å². The lowest BCUT2D eigenvalue weighted by molar-refractivity contribution is -0.142. The van der Waals surface area contributed by atoms with Crippen molar-refractivity contribution in [3.05, 3.63) is 11.9 Å². The van der Waals surface area contributed by atoms with Crippen LogP contribution in [0.15, 0.2) is 6.07 Å². The van der Waals surface area contributed by atoms with Crippen molar-refractivity contribution in [2.75, 3.05) is 30.8 Å². The normalized spacial score (nSPS) is 9.82. The molecule has 94 valence electrons. The molecule has 0 radical (unpaired) electrons. The van der Waals surface area contributed by atoms with E-state index in [1.54, 1.807) is 20.0 Å². The summed E-state index contributed by atoms with van der Waals surface area (Å²) in [6, 6.07) is 1.79. The molecule has 0 spiro atoms. The van der Waals surface area contributed by atoms with E-state index in [1.165, 1.54) is 0 Å². The Morgan fingerprint density at radius 2 is 2.12 bits per heavy atom. The minimum Gasteiger partial charge on any atom is -0.466 e. The van der Waals surface area contributed by atoms with Crippen LogP contribution in [0.3, 0.4) is 0 Å². The first-order valence-electron chi connectivity index (χ1n) is 5.58. The van der Waals surface area contributed by atoms with E-state index in [0.717, 1.165) is 5.82 Å². The summed E-state index contributed by atoms with van der Waals surface area (Å²) in [5, 5.41) is 6.00. The molecular weight excluding hydrogens is 220 g/mol. The first-order valence-corrected chi connectivity index (χ1v) is 5.58. The quantitative estimate of drug-likeness (QED) is 0.725. The highest BCUT2D eigenvalue weighted by Crippen LogP contribution is 2.10. The third-order valence-corrected chi connectivity index (χ3v) is 2.03. The molecule has 1 rings (SSSR count). The van der Waals surface area contributed by atoms with Gasteiger partial charge in [-0.05, 0) is 13.8 Å². The molecule has 1 heterocycles. The molecule has 1 aromatic rings. The van der Waals surface area contributed by atoms with Crippen LogP contribution in [-0.4, -0.2) is 36.1 Å². The number of hydrogen-bond acceptors (Lipinski definition) is 6. The Labute approximate surface area is 101 Å². The molecular formula is C11H18N4O2. The van der Waals surface area contributed by atoms with Gasteiger partial charge in [0.25, 0.3) is 0 Å². The Kier molecular flexibility index (Phi) is 5.19. The fourth-order valence-corrected chi connectivity index (χ4v) is 1.31. The lowest BCUT2D eigenvalue weighted by atomic mass is 10.4. The molecule has 6 nitrogen and oxygen atoms in total. The molecule has 0 aliphatic carbocycles. The van der Waals surface area contributed by atoms with Crippen molar-refractivity contribution in [1.82, 2.24) is 9.97 Å². The van der Waals surface area contributed by atoms with Gasteiger partial charge in [-0.3, -0.25) is 4.79 Å². The van der Waals surface area contributed by atoms with Crippen molar-refractivity contribution in [3.63, 3.8) is 0 Å². The molecule has 2 N–H and O–H groups in total. The number of nitrogens with one attached hydrogen (secondary N) is 2. The van der Waals surface area contributed by atoms with Gasteiger partial charge < -0.3 is 15.4 Å². The van der Waals surface area contributed by atoms with E-state index in [2.05, 4.69) is 20.6 Å². The molecule has 0 amide bonds. The lowest BCUT2D eigenvalue weighted by Crippen LogP contribution is -2.12. The predicted octanol–water partition coefficient (Wildman–Crippen LogP) is 1.19. The van der Waals surface area contributed by atoms with Crippen molar-refractivity contribution >= 4 is 17.6 Å². The van der Waals surface area contributed by atoms with Crippen LogP contribution in [0.4, 0.5) is 11.6 Å². The SMILES string of the molecule is CCOC(=O)CCNc1cc(NC)nc(C)n1.